The van der Waals surface area contributed by atoms with Gasteiger partial charge in [-0.25, -0.2) is 0 Å². The first-order chi connectivity index (χ1) is 5.61. The molecule has 12 heavy (non-hydrogen) atoms. The molecule has 0 bridgehead atoms. The lowest BCUT2D eigenvalue weighted by Crippen LogP contribution is -2.18. The van der Waals surface area contributed by atoms with E-state index in [1.54, 1.807) is 0 Å². The van der Waals surface area contributed by atoms with Crippen molar-refractivity contribution in [3.8, 4) is 0 Å². The van der Waals surface area contributed by atoms with Crippen molar-refractivity contribution in [2.75, 3.05) is 13.2 Å². The molecule has 0 amide bonds. The average Bonchev–Trinajstić information content (AvgIpc) is 2.56. The molecule has 0 N–H and O–H groups in total. The lowest BCUT2D eigenvalue weighted by atomic mass is 9.96. The van der Waals surface area contributed by atoms with Crippen molar-refractivity contribution in [2.45, 2.75) is 26.7 Å². The van der Waals surface area contributed by atoms with E-state index in [4.69, 9.17) is 4.74 Å². The average molecular weight is 168 g/mol. The summed E-state index contributed by atoms with van der Waals surface area (Å²) >= 11 is 0. The van der Waals surface area contributed by atoms with Crippen molar-refractivity contribution >= 4 is 5.78 Å². The molecule has 2 fully saturated rings. The van der Waals surface area contributed by atoms with Crippen LogP contribution in [0.3, 0.4) is 0 Å². The number of ketones is 1. The number of ether oxygens (including phenoxy) is 1. The fourth-order valence-electron chi connectivity index (χ4n) is 2.00. The number of Topliss-reactive ketones (excluding diaryl/α,β-unsaturated/α-hetero) is 1. The van der Waals surface area contributed by atoms with Crippen molar-refractivity contribution in [2.24, 2.45) is 17.3 Å². The van der Waals surface area contributed by atoms with Crippen LogP contribution < -0.4 is 0 Å². The Morgan fingerprint density at radius 2 is 2.17 bits per heavy atom. The summed E-state index contributed by atoms with van der Waals surface area (Å²) in [6, 6.07) is 0. The van der Waals surface area contributed by atoms with E-state index >= 15 is 0 Å². The van der Waals surface area contributed by atoms with E-state index in [0.717, 1.165) is 19.4 Å². The normalized spacial score (nSPS) is 38.2. The molecule has 0 radical (unpaired) electrons. The Bertz CT molecular complexity index is 195. The minimum absolute atomic E-state index is 0.219. The first kappa shape index (κ1) is 8.24. The van der Waals surface area contributed by atoms with Gasteiger partial charge in [0.05, 0.1) is 6.61 Å². The third kappa shape index (κ3) is 1.28. The summed E-state index contributed by atoms with van der Waals surface area (Å²) in [5.74, 6) is 1.01. The lowest BCUT2D eigenvalue weighted by Gasteiger charge is -2.07. The third-order valence-electron chi connectivity index (χ3n) is 3.19. The molecule has 2 nitrogen and oxygen atoms in total. The number of carbonyl (C=O) groups excluding carboxylic acids is 1. The molecular weight excluding hydrogens is 152 g/mol. The van der Waals surface area contributed by atoms with Crippen molar-refractivity contribution < 1.29 is 9.53 Å². The van der Waals surface area contributed by atoms with Gasteiger partial charge in [0.2, 0.25) is 0 Å². The maximum absolute atomic E-state index is 11.7. The summed E-state index contributed by atoms with van der Waals surface area (Å²) in [5.41, 5.74) is 0.291. The molecule has 2 heteroatoms. The fourth-order valence-corrected chi connectivity index (χ4v) is 2.00. The third-order valence-corrected chi connectivity index (χ3v) is 3.19. The molecule has 2 atom stereocenters. The van der Waals surface area contributed by atoms with Gasteiger partial charge in [0.15, 0.2) is 0 Å². The van der Waals surface area contributed by atoms with Gasteiger partial charge in [-0.1, -0.05) is 13.8 Å². The molecule has 0 aromatic carbocycles. The SMILES string of the molecule is CC1(C)CC1C(=O)C1CCOC1. The Hall–Kier alpha value is -0.370. The Kier molecular flexibility index (Phi) is 1.76. The highest BCUT2D eigenvalue weighted by molar-refractivity contribution is 5.87. The minimum atomic E-state index is 0.219. The topological polar surface area (TPSA) is 26.3 Å². The van der Waals surface area contributed by atoms with Gasteiger partial charge in [-0.2, -0.15) is 0 Å². The second kappa shape index (κ2) is 2.56. The molecule has 68 valence electrons. The fraction of sp³-hybridized carbons (Fsp3) is 0.900. The van der Waals surface area contributed by atoms with E-state index in [2.05, 4.69) is 13.8 Å². The van der Waals surface area contributed by atoms with E-state index in [1.165, 1.54) is 0 Å². The van der Waals surface area contributed by atoms with E-state index in [1.807, 2.05) is 0 Å². The van der Waals surface area contributed by atoms with Crippen LogP contribution in [0.15, 0.2) is 0 Å². The van der Waals surface area contributed by atoms with Crippen LogP contribution in [0.4, 0.5) is 0 Å². The highest BCUT2D eigenvalue weighted by Gasteiger charge is 2.52. The number of rotatable bonds is 2. The van der Waals surface area contributed by atoms with Crippen molar-refractivity contribution in [1.29, 1.82) is 0 Å². The van der Waals surface area contributed by atoms with Crippen LogP contribution in [0.5, 0.6) is 0 Å². The maximum atomic E-state index is 11.7. The second-order valence-corrected chi connectivity index (χ2v) is 4.71. The monoisotopic (exact) mass is 168 g/mol. The highest BCUT2D eigenvalue weighted by Crippen LogP contribution is 2.53. The number of hydrogen-bond donors (Lipinski definition) is 0. The van der Waals surface area contributed by atoms with Gasteiger partial charge in [-0.15, -0.1) is 0 Å². The maximum Gasteiger partial charge on any atom is 0.141 e. The smallest absolute Gasteiger partial charge is 0.141 e. The quantitative estimate of drug-likeness (QED) is 0.626. The van der Waals surface area contributed by atoms with Crippen LogP contribution in [0.1, 0.15) is 26.7 Å². The predicted molar refractivity (Wildman–Crippen MR) is 45.8 cm³/mol. The molecule has 1 heterocycles. The molecule has 1 aliphatic heterocycles. The largest absolute Gasteiger partial charge is 0.381 e. The molecule has 0 spiro atoms. The molecule has 2 rings (SSSR count). The Balaban J connectivity index is 1.93. The predicted octanol–water partition coefficient (Wildman–Crippen LogP) is 1.64. The van der Waals surface area contributed by atoms with E-state index in [9.17, 15) is 4.79 Å². The Morgan fingerprint density at radius 1 is 1.50 bits per heavy atom. The van der Waals surface area contributed by atoms with Crippen LogP contribution in [0, 0.1) is 17.3 Å². The Labute approximate surface area is 73.3 Å². The van der Waals surface area contributed by atoms with Crippen LogP contribution in [0.25, 0.3) is 0 Å². The molecule has 0 aromatic rings. The van der Waals surface area contributed by atoms with Gasteiger partial charge in [0, 0.05) is 18.4 Å². The standard InChI is InChI=1S/C10H16O2/c1-10(2)5-8(10)9(11)7-3-4-12-6-7/h7-8H,3-6H2,1-2H3. The van der Waals surface area contributed by atoms with Crippen LogP contribution in [0.2, 0.25) is 0 Å². The zero-order valence-electron chi connectivity index (χ0n) is 7.80. The van der Waals surface area contributed by atoms with Crippen molar-refractivity contribution in [3.63, 3.8) is 0 Å². The molecule has 2 aliphatic rings. The van der Waals surface area contributed by atoms with Gasteiger partial charge < -0.3 is 4.74 Å². The Morgan fingerprint density at radius 3 is 2.58 bits per heavy atom. The van der Waals surface area contributed by atoms with Gasteiger partial charge in [0.25, 0.3) is 0 Å². The molecular formula is C10H16O2. The second-order valence-electron chi connectivity index (χ2n) is 4.71. The molecule has 0 aromatic heterocycles. The van der Waals surface area contributed by atoms with Crippen LogP contribution >= 0.6 is 0 Å². The summed E-state index contributed by atoms with van der Waals surface area (Å²) in [6.07, 6.45) is 2.04. The van der Waals surface area contributed by atoms with Crippen molar-refractivity contribution in [3.05, 3.63) is 0 Å². The summed E-state index contributed by atoms with van der Waals surface area (Å²) in [4.78, 5) is 11.7. The molecule has 2 unspecified atom stereocenters. The van der Waals surface area contributed by atoms with E-state index in [-0.39, 0.29) is 5.92 Å². The van der Waals surface area contributed by atoms with Gasteiger partial charge in [-0.3, -0.25) is 4.79 Å². The van der Waals surface area contributed by atoms with Crippen molar-refractivity contribution in [1.82, 2.24) is 0 Å². The van der Waals surface area contributed by atoms with E-state index in [0.29, 0.717) is 23.7 Å². The zero-order valence-corrected chi connectivity index (χ0v) is 7.80. The molecule has 1 aliphatic carbocycles. The summed E-state index contributed by atoms with van der Waals surface area (Å²) in [7, 11) is 0. The molecule has 1 saturated carbocycles. The number of carbonyl (C=O) groups is 1. The highest BCUT2D eigenvalue weighted by atomic mass is 16.5. The van der Waals surface area contributed by atoms with Gasteiger partial charge >= 0.3 is 0 Å². The van der Waals surface area contributed by atoms with Crippen LogP contribution in [-0.4, -0.2) is 19.0 Å². The summed E-state index contributed by atoms with van der Waals surface area (Å²) in [6.45, 7) is 5.80. The first-order valence-electron chi connectivity index (χ1n) is 4.73. The minimum Gasteiger partial charge on any atom is -0.381 e. The van der Waals surface area contributed by atoms with E-state index < -0.39 is 0 Å². The molecule has 1 saturated heterocycles. The summed E-state index contributed by atoms with van der Waals surface area (Å²) in [5, 5.41) is 0. The first-order valence-corrected chi connectivity index (χ1v) is 4.73. The van der Waals surface area contributed by atoms with Gasteiger partial charge in [0.1, 0.15) is 5.78 Å². The lowest BCUT2D eigenvalue weighted by molar-refractivity contribution is -0.124. The summed E-state index contributed by atoms with van der Waals surface area (Å²) < 4.78 is 5.20. The zero-order chi connectivity index (χ0) is 8.77. The number of hydrogen-bond acceptors (Lipinski definition) is 2. The van der Waals surface area contributed by atoms with Crippen LogP contribution in [-0.2, 0) is 9.53 Å². The van der Waals surface area contributed by atoms with Gasteiger partial charge in [-0.05, 0) is 18.3 Å².